The molecule has 1 heterocycles. The van der Waals surface area contributed by atoms with Crippen LogP contribution in [-0.4, -0.2) is 18.4 Å². The Balaban J connectivity index is 1.68. The van der Waals surface area contributed by atoms with Crippen LogP contribution < -0.4 is 10.2 Å². The molecule has 0 saturated carbocycles. The molecule has 0 aromatic heterocycles. The maximum atomic E-state index is 12.9. The summed E-state index contributed by atoms with van der Waals surface area (Å²) in [5.74, 6) is -1.62. The van der Waals surface area contributed by atoms with E-state index < -0.39 is 5.92 Å². The van der Waals surface area contributed by atoms with Gasteiger partial charge in [-0.2, -0.15) is 0 Å². The summed E-state index contributed by atoms with van der Waals surface area (Å²) in [4.78, 5) is 26.5. The number of aryl methyl sites for hydroxylation is 1. The number of benzene rings is 2. The molecule has 1 saturated heterocycles. The molecular weight excluding hydrogens is 307 g/mol. The molecule has 1 atom stereocenters. The van der Waals surface area contributed by atoms with Gasteiger partial charge in [-0.1, -0.05) is 19.1 Å². The maximum Gasteiger partial charge on any atom is 0.239 e. The van der Waals surface area contributed by atoms with Crippen molar-refractivity contribution in [2.24, 2.45) is 5.92 Å². The summed E-state index contributed by atoms with van der Waals surface area (Å²) in [6.45, 7) is 2.59. The third-order valence-electron chi connectivity index (χ3n) is 4.29. The van der Waals surface area contributed by atoms with E-state index in [1.54, 1.807) is 4.90 Å². The second-order valence-electron chi connectivity index (χ2n) is 5.85. The van der Waals surface area contributed by atoms with Crippen LogP contribution in [0.5, 0.6) is 0 Å². The van der Waals surface area contributed by atoms with E-state index in [-0.39, 0.29) is 17.6 Å². The Hall–Kier alpha value is -2.69. The number of carbonyl (C=O) groups excluding carboxylic acids is 2. The molecule has 4 nitrogen and oxygen atoms in total. The molecule has 24 heavy (non-hydrogen) atoms. The highest BCUT2D eigenvalue weighted by Gasteiger charge is 2.37. The second kappa shape index (κ2) is 6.83. The maximum absolute atomic E-state index is 12.9. The molecule has 0 aliphatic carbocycles. The third kappa shape index (κ3) is 3.30. The first-order chi connectivity index (χ1) is 11.6. The van der Waals surface area contributed by atoms with Crippen molar-refractivity contribution in [2.75, 3.05) is 16.8 Å². The number of nitrogens with zero attached hydrogens (tertiary/aromatic N) is 1. The van der Waals surface area contributed by atoms with E-state index >= 15 is 0 Å². The standard InChI is InChI=1S/C19H19FN2O2/c1-2-13-3-9-16(10-4-13)22-12-11-17(19(22)24)18(23)21-15-7-5-14(20)6-8-15/h3-10,17H,2,11-12H2,1H3,(H,21,23). The molecule has 5 heteroatoms. The molecule has 2 amide bonds. The molecule has 0 spiro atoms. The van der Waals surface area contributed by atoms with Crippen molar-refractivity contribution in [1.29, 1.82) is 0 Å². The highest BCUT2D eigenvalue weighted by molar-refractivity contribution is 6.13. The highest BCUT2D eigenvalue weighted by Crippen LogP contribution is 2.26. The smallest absolute Gasteiger partial charge is 0.239 e. The van der Waals surface area contributed by atoms with Crippen molar-refractivity contribution >= 4 is 23.2 Å². The van der Waals surface area contributed by atoms with E-state index in [2.05, 4.69) is 12.2 Å². The zero-order valence-corrected chi connectivity index (χ0v) is 13.5. The fourth-order valence-electron chi connectivity index (χ4n) is 2.85. The topological polar surface area (TPSA) is 49.4 Å². The van der Waals surface area contributed by atoms with Crippen LogP contribution in [0.3, 0.4) is 0 Å². The second-order valence-corrected chi connectivity index (χ2v) is 5.85. The van der Waals surface area contributed by atoms with Gasteiger partial charge in [0.05, 0.1) is 0 Å². The van der Waals surface area contributed by atoms with Crippen LogP contribution in [0.4, 0.5) is 15.8 Å². The van der Waals surface area contributed by atoms with Crippen LogP contribution in [0.15, 0.2) is 48.5 Å². The Morgan fingerprint density at radius 1 is 1.17 bits per heavy atom. The summed E-state index contributed by atoms with van der Waals surface area (Å²) in [6.07, 6.45) is 1.41. The van der Waals surface area contributed by atoms with Gasteiger partial charge in [0.15, 0.2) is 0 Å². The minimum atomic E-state index is -0.707. The van der Waals surface area contributed by atoms with Gasteiger partial charge in [0.25, 0.3) is 0 Å². The zero-order chi connectivity index (χ0) is 17.1. The van der Waals surface area contributed by atoms with Crippen LogP contribution in [0.2, 0.25) is 0 Å². The number of amides is 2. The van der Waals surface area contributed by atoms with E-state index in [9.17, 15) is 14.0 Å². The average molecular weight is 326 g/mol. The predicted octanol–water partition coefficient (Wildman–Crippen LogP) is 3.38. The fourth-order valence-corrected chi connectivity index (χ4v) is 2.85. The van der Waals surface area contributed by atoms with E-state index in [0.717, 1.165) is 12.1 Å². The van der Waals surface area contributed by atoms with Crippen molar-refractivity contribution in [3.05, 3.63) is 59.9 Å². The number of carbonyl (C=O) groups is 2. The molecule has 2 aromatic carbocycles. The molecule has 1 aliphatic rings. The van der Waals surface area contributed by atoms with E-state index in [4.69, 9.17) is 0 Å². The first kappa shape index (κ1) is 16.2. The quantitative estimate of drug-likeness (QED) is 0.876. The molecule has 1 aliphatic heterocycles. The summed E-state index contributed by atoms with van der Waals surface area (Å²) in [5.41, 5.74) is 2.50. The van der Waals surface area contributed by atoms with Crippen LogP contribution in [0.1, 0.15) is 18.9 Å². The van der Waals surface area contributed by atoms with Crippen molar-refractivity contribution in [3.63, 3.8) is 0 Å². The predicted molar refractivity (Wildman–Crippen MR) is 91.3 cm³/mol. The minimum Gasteiger partial charge on any atom is -0.325 e. The molecule has 0 bridgehead atoms. The van der Waals surface area contributed by atoms with Gasteiger partial charge in [-0.3, -0.25) is 9.59 Å². The lowest BCUT2D eigenvalue weighted by atomic mass is 10.1. The fraction of sp³-hybridized carbons (Fsp3) is 0.263. The molecule has 124 valence electrons. The van der Waals surface area contributed by atoms with Gasteiger partial charge in [-0.05, 0) is 54.8 Å². The molecule has 1 unspecified atom stereocenters. The molecule has 3 rings (SSSR count). The molecule has 2 aromatic rings. The van der Waals surface area contributed by atoms with E-state index in [1.165, 1.54) is 29.8 Å². The van der Waals surface area contributed by atoms with Gasteiger partial charge in [0, 0.05) is 17.9 Å². The number of rotatable bonds is 4. The van der Waals surface area contributed by atoms with Gasteiger partial charge in [-0.15, -0.1) is 0 Å². The third-order valence-corrected chi connectivity index (χ3v) is 4.29. The summed E-state index contributed by atoms with van der Waals surface area (Å²) in [7, 11) is 0. The highest BCUT2D eigenvalue weighted by atomic mass is 19.1. The summed E-state index contributed by atoms with van der Waals surface area (Å²) in [6, 6.07) is 13.3. The van der Waals surface area contributed by atoms with Gasteiger partial charge in [0.1, 0.15) is 11.7 Å². The van der Waals surface area contributed by atoms with Crippen LogP contribution in [-0.2, 0) is 16.0 Å². The van der Waals surface area contributed by atoms with Crippen molar-refractivity contribution < 1.29 is 14.0 Å². The Kier molecular flexibility index (Phi) is 4.60. The van der Waals surface area contributed by atoms with E-state index in [0.29, 0.717) is 18.7 Å². The van der Waals surface area contributed by atoms with Crippen molar-refractivity contribution in [2.45, 2.75) is 19.8 Å². The largest absolute Gasteiger partial charge is 0.325 e. The number of nitrogens with one attached hydrogen (secondary N) is 1. The van der Waals surface area contributed by atoms with Crippen LogP contribution in [0.25, 0.3) is 0 Å². The first-order valence-corrected chi connectivity index (χ1v) is 8.05. The minimum absolute atomic E-state index is 0.195. The average Bonchev–Trinajstić information content (AvgIpc) is 2.98. The lowest BCUT2D eigenvalue weighted by molar-refractivity contribution is -0.129. The summed E-state index contributed by atoms with van der Waals surface area (Å²) >= 11 is 0. The Morgan fingerprint density at radius 3 is 2.46 bits per heavy atom. The number of halogens is 1. The van der Waals surface area contributed by atoms with Crippen LogP contribution >= 0.6 is 0 Å². The molecule has 1 N–H and O–H groups in total. The molecule has 0 radical (unpaired) electrons. The van der Waals surface area contributed by atoms with Gasteiger partial charge >= 0.3 is 0 Å². The van der Waals surface area contributed by atoms with Gasteiger partial charge < -0.3 is 10.2 Å². The Morgan fingerprint density at radius 2 is 1.83 bits per heavy atom. The normalized spacial score (nSPS) is 17.2. The van der Waals surface area contributed by atoms with Crippen LogP contribution in [0, 0.1) is 11.7 Å². The number of hydrogen-bond acceptors (Lipinski definition) is 2. The lowest BCUT2D eigenvalue weighted by Gasteiger charge is -2.17. The number of anilines is 2. The van der Waals surface area contributed by atoms with E-state index in [1.807, 2.05) is 24.3 Å². The first-order valence-electron chi connectivity index (χ1n) is 8.05. The van der Waals surface area contributed by atoms with Crippen molar-refractivity contribution in [3.8, 4) is 0 Å². The van der Waals surface area contributed by atoms with Gasteiger partial charge in [-0.25, -0.2) is 4.39 Å². The monoisotopic (exact) mass is 326 g/mol. The summed E-state index contributed by atoms with van der Waals surface area (Å²) in [5, 5.41) is 2.68. The van der Waals surface area contributed by atoms with Crippen molar-refractivity contribution in [1.82, 2.24) is 0 Å². The number of hydrogen-bond donors (Lipinski definition) is 1. The SMILES string of the molecule is CCc1ccc(N2CCC(C(=O)Nc3ccc(F)cc3)C2=O)cc1. The van der Waals surface area contributed by atoms with Gasteiger partial charge in [0.2, 0.25) is 11.8 Å². The zero-order valence-electron chi connectivity index (χ0n) is 13.5. The molecule has 1 fully saturated rings. The molecular formula is C19H19FN2O2. The Bertz CT molecular complexity index is 741. The summed E-state index contributed by atoms with van der Waals surface area (Å²) < 4.78 is 12.9. The lowest BCUT2D eigenvalue weighted by Crippen LogP contribution is -2.33. The Labute approximate surface area is 140 Å².